The Labute approximate surface area is 393 Å². The fraction of sp³-hybridized carbons (Fsp3) is 0.651. The van der Waals surface area contributed by atoms with Gasteiger partial charge in [0.1, 0.15) is 25.1 Å². The van der Waals surface area contributed by atoms with Crippen molar-refractivity contribution in [3.8, 4) is 5.75 Å². The molecule has 0 radical (unpaired) electrons. The van der Waals surface area contributed by atoms with Gasteiger partial charge in [0.2, 0.25) is 23.6 Å². The third kappa shape index (κ3) is 17.2. The number of thioether (sulfide) groups is 1. The number of nitrogens with zero attached hydrogens (tertiary/aromatic N) is 2. The van der Waals surface area contributed by atoms with Crippen molar-refractivity contribution in [2.24, 2.45) is 17.8 Å². The summed E-state index contributed by atoms with van der Waals surface area (Å²) in [6.45, 7) is 10.3. The molecule has 9 N–H and O–H groups in total. The van der Waals surface area contributed by atoms with Gasteiger partial charge in [-0.3, -0.25) is 40.0 Å². The van der Waals surface area contributed by atoms with E-state index in [1.807, 2.05) is 27.7 Å². The number of dihydropyridines is 1. The number of hydrogen-bond acceptors (Lipinski definition) is 16. The smallest absolute Gasteiger partial charge is 0.426 e. The van der Waals surface area contributed by atoms with E-state index in [0.717, 1.165) is 24.9 Å². The minimum absolute atomic E-state index is 0.00574. The number of amides is 5. The third-order valence-corrected chi connectivity index (χ3v) is 15.3. The number of aliphatic hydroxyl groups is 1. The van der Waals surface area contributed by atoms with Gasteiger partial charge in [-0.05, 0) is 85.4 Å². The molecule has 8 atom stereocenters. The van der Waals surface area contributed by atoms with Crippen LogP contribution in [-0.2, 0) is 30.3 Å². The van der Waals surface area contributed by atoms with E-state index in [0.29, 0.717) is 55.2 Å². The van der Waals surface area contributed by atoms with Crippen molar-refractivity contribution in [3.05, 3.63) is 62.8 Å². The molecule has 65 heavy (non-hydrogen) atoms. The minimum Gasteiger partial charge on any atom is -0.508 e. The van der Waals surface area contributed by atoms with Crippen LogP contribution in [0.4, 0.5) is 4.79 Å². The second-order valence-corrected chi connectivity index (χ2v) is 20.5. The Morgan fingerprint density at radius 1 is 1.05 bits per heavy atom. The predicted molar refractivity (Wildman–Crippen MR) is 253 cm³/mol. The molecule has 3 aliphatic rings. The Kier molecular flexibility index (Phi) is 22.5. The highest BCUT2D eigenvalue weighted by Crippen LogP contribution is 2.32. The molecule has 3 unspecified atom stereocenters. The summed E-state index contributed by atoms with van der Waals surface area (Å²) in [6.07, 6.45) is 7.26. The number of piperidine rings is 1. The van der Waals surface area contributed by atoms with Gasteiger partial charge in [0.05, 0.1) is 22.4 Å². The van der Waals surface area contributed by atoms with Crippen LogP contribution in [0.15, 0.2) is 47.1 Å². The van der Waals surface area contributed by atoms with Crippen molar-refractivity contribution in [2.75, 3.05) is 37.9 Å². The van der Waals surface area contributed by atoms with Crippen LogP contribution in [-0.4, -0.2) is 123 Å². The van der Waals surface area contributed by atoms with E-state index in [-0.39, 0.29) is 71.5 Å². The molecule has 0 aromatic heterocycles. The number of nitrogens with one attached hydrogen (secondary N) is 7. The Morgan fingerprint density at radius 2 is 1.78 bits per heavy atom. The highest BCUT2D eigenvalue weighted by Gasteiger charge is 2.37. The molecule has 1 aromatic rings. The normalized spacial score (nSPS) is 20.7. The summed E-state index contributed by atoms with van der Waals surface area (Å²) >= 11 is 1.60. The molecule has 0 saturated carbocycles. The standard InChI is InChI=1S/C43H67N9O10S3/c1-6-27(4)37(48-39(56)32-10-7-8-18-44-32)42(58)51(25-53)34(26(2)3)16-17-36-47-33(24-63-36)40(57)46-30(23-29-12-14-31(54)15-13-29)22-28(5)38(55)49-50-43(59)62-20-21-64-65-41-35(52(60)61)11-9-19-45-41/h9,11-15,26-28,30,32-34,36-37,44-45,47,53-54H,6-8,10,16-25H2,1-5H3,(H,46,57)(H,48,56)(H,49,55)(H,50,59)/t27?,28-,30+,32+,33?,34+,36?,37-/m0/s1. The van der Waals surface area contributed by atoms with Crippen molar-refractivity contribution in [2.45, 2.75) is 122 Å². The number of ether oxygens (including phenoxy) is 1. The van der Waals surface area contributed by atoms with Gasteiger partial charge in [0.15, 0.2) is 5.03 Å². The summed E-state index contributed by atoms with van der Waals surface area (Å²) in [4.78, 5) is 78.8. The van der Waals surface area contributed by atoms with E-state index < -0.39 is 47.7 Å². The van der Waals surface area contributed by atoms with E-state index >= 15 is 0 Å². The van der Waals surface area contributed by atoms with Gasteiger partial charge in [-0.25, -0.2) is 10.2 Å². The maximum absolute atomic E-state index is 14.1. The van der Waals surface area contributed by atoms with E-state index in [1.165, 1.54) is 32.6 Å². The van der Waals surface area contributed by atoms with Crippen molar-refractivity contribution in [1.82, 2.24) is 42.3 Å². The molecule has 0 aliphatic carbocycles. The SMILES string of the molecule is CCC(C)[C@H](NC(=O)[C@H]1CCCCN1)C(=O)N(CO)[C@H](CCC1NC(C(=O)N[C@@H](Cc2ccc(O)cc2)C[C@H](C)C(=O)NNC(=O)OCCSSC2=C([N+](=O)[O-])C=CCN2)CS1)C(C)C. The Morgan fingerprint density at radius 3 is 2.45 bits per heavy atom. The summed E-state index contributed by atoms with van der Waals surface area (Å²) in [6, 6.07) is 4.09. The van der Waals surface area contributed by atoms with E-state index in [9.17, 15) is 44.3 Å². The Bertz CT molecular complexity index is 1820. The van der Waals surface area contributed by atoms with Gasteiger partial charge in [-0.15, -0.1) is 11.8 Å². The van der Waals surface area contributed by atoms with Crippen LogP contribution in [0.5, 0.6) is 5.75 Å². The molecule has 0 spiro atoms. The first-order valence-corrected chi connectivity index (χ1v) is 25.7. The molecule has 2 saturated heterocycles. The average Bonchev–Trinajstić information content (AvgIpc) is 3.78. The van der Waals surface area contributed by atoms with E-state index in [4.69, 9.17) is 4.74 Å². The predicted octanol–water partition coefficient (Wildman–Crippen LogP) is 3.48. The lowest BCUT2D eigenvalue weighted by atomic mass is 9.93. The number of benzene rings is 1. The first-order chi connectivity index (χ1) is 31.1. The number of allylic oxidation sites excluding steroid dienone is 1. The lowest BCUT2D eigenvalue weighted by molar-refractivity contribution is -0.420. The number of carbonyl (C=O) groups excluding carboxylic acids is 5. The quantitative estimate of drug-likeness (QED) is 0.0236. The highest BCUT2D eigenvalue weighted by atomic mass is 33.1. The fourth-order valence-electron chi connectivity index (χ4n) is 7.74. The average molecular weight is 966 g/mol. The van der Waals surface area contributed by atoms with E-state index in [1.54, 1.807) is 49.0 Å². The molecule has 1 aromatic carbocycles. The molecule has 4 rings (SSSR count). The maximum Gasteiger partial charge on any atom is 0.426 e. The number of nitro groups is 1. The first-order valence-electron chi connectivity index (χ1n) is 22.3. The van der Waals surface area contributed by atoms with Gasteiger partial charge >= 0.3 is 6.09 Å². The third-order valence-electron chi connectivity index (χ3n) is 11.7. The second kappa shape index (κ2) is 27.4. The number of hydrogen-bond donors (Lipinski definition) is 9. The monoisotopic (exact) mass is 965 g/mol. The van der Waals surface area contributed by atoms with Crippen molar-refractivity contribution >= 4 is 63.1 Å². The zero-order chi connectivity index (χ0) is 47.5. The molecule has 3 heterocycles. The Balaban J connectivity index is 1.28. The number of hydrazine groups is 1. The van der Waals surface area contributed by atoms with Gasteiger partial charge in [0.25, 0.3) is 5.70 Å². The molecule has 2 fully saturated rings. The van der Waals surface area contributed by atoms with Crippen LogP contribution >= 0.6 is 33.3 Å². The van der Waals surface area contributed by atoms with Crippen LogP contribution in [0.1, 0.15) is 85.1 Å². The van der Waals surface area contributed by atoms with Crippen LogP contribution < -0.4 is 37.4 Å². The highest BCUT2D eigenvalue weighted by molar-refractivity contribution is 8.78. The Hall–Kier alpha value is -4.22. The van der Waals surface area contributed by atoms with Crippen molar-refractivity contribution in [3.63, 3.8) is 0 Å². The molecule has 3 aliphatic heterocycles. The number of rotatable bonds is 24. The number of phenols is 1. The summed E-state index contributed by atoms with van der Waals surface area (Å²) in [7, 11) is 2.44. The number of phenolic OH excluding ortho intramolecular Hbond substituents is 1. The van der Waals surface area contributed by atoms with Crippen molar-refractivity contribution < 1.29 is 43.8 Å². The first kappa shape index (κ1) is 53.4. The molecule has 5 amide bonds. The molecular weight excluding hydrogens is 899 g/mol. The van der Waals surface area contributed by atoms with Gasteiger partial charge in [-0.2, -0.15) is 0 Å². The van der Waals surface area contributed by atoms with Gasteiger partial charge in [0, 0.05) is 42.1 Å². The molecule has 19 nitrogen and oxygen atoms in total. The lowest BCUT2D eigenvalue weighted by Gasteiger charge is -2.38. The lowest BCUT2D eigenvalue weighted by Crippen LogP contribution is -2.58. The largest absolute Gasteiger partial charge is 0.508 e. The van der Waals surface area contributed by atoms with Gasteiger partial charge < -0.3 is 41.1 Å². The number of carbonyl (C=O) groups is 5. The minimum atomic E-state index is -0.879. The summed E-state index contributed by atoms with van der Waals surface area (Å²) < 4.78 is 5.13. The van der Waals surface area contributed by atoms with Crippen LogP contribution in [0.25, 0.3) is 0 Å². The zero-order valence-corrected chi connectivity index (χ0v) is 40.3. The van der Waals surface area contributed by atoms with Crippen LogP contribution in [0, 0.1) is 27.9 Å². The fourth-order valence-corrected chi connectivity index (χ4v) is 10.9. The zero-order valence-electron chi connectivity index (χ0n) is 37.8. The topological polar surface area (TPSA) is 266 Å². The molecule has 22 heteroatoms. The number of aliphatic hydroxyl groups excluding tert-OH is 1. The maximum atomic E-state index is 14.1. The van der Waals surface area contributed by atoms with E-state index in [2.05, 4.69) is 37.4 Å². The van der Waals surface area contributed by atoms with Gasteiger partial charge in [-0.1, -0.05) is 76.5 Å². The summed E-state index contributed by atoms with van der Waals surface area (Å²) in [5.41, 5.74) is 5.41. The molecular formula is C43H67N9O10S3. The number of aromatic hydroxyl groups is 1. The summed E-state index contributed by atoms with van der Waals surface area (Å²) in [5.74, 6) is -1.17. The molecule has 362 valence electrons. The second-order valence-electron chi connectivity index (χ2n) is 16.9. The molecule has 0 bridgehead atoms. The van der Waals surface area contributed by atoms with Crippen molar-refractivity contribution in [1.29, 1.82) is 0 Å². The van der Waals surface area contributed by atoms with Crippen LogP contribution in [0.3, 0.4) is 0 Å². The van der Waals surface area contributed by atoms with Crippen LogP contribution in [0.2, 0.25) is 0 Å². The summed E-state index contributed by atoms with van der Waals surface area (Å²) in [5, 5.41) is 47.7.